The number of carbonyl (C=O) groups excluding carboxylic acids is 1. The number of rotatable bonds is 3. The zero-order chi connectivity index (χ0) is 13.2. The highest BCUT2D eigenvalue weighted by atomic mass is 79.9. The fourth-order valence-corrected chi connectivity index (χ4v) is 1.88. The lowest BCUT2D eigenvalue weighted by molar-refractivity contribution is 0.0368. The highest BCUT2D eigenvalue weighted by Crippen LogP contribution is 2.18. The molecule has 0 aliphatic rings. The SMILES string of the molecule is CN(CC(C)(C)O)C(=O)c1ccc(F)c(Br)c1. The van der Waals surface area contributed by atoms with E-state index in [9.17, 15) is 14.3 Å². The molecule has 3 nitrogen and oxygen atoms in total. The van der Waals surface area contributed by atoms with Gasteiger partial charge in [-0.1, -0.05) is 0 Å². The largest absolute Gasteiger partial charge is 0.389 e. The van der Waals surface area contributed by atoms with E-state index in [0.29, 0.717) is 5.56 Å². The van der Waals surface area contributed by atoms with Crippen LogP contribution in [0.5, 0.6) is 0 Å². The summed E-state index contributed by atoms with van der Waals surface area (Å²) in [5, 5.41) is 9.62. The Labute approximate surface area is 108 Å². The van der Waals surface area contributed by atoms with Crippen molar-refractivity contribution in [3.63, 3.8) is 0 Å². The number of aliphatic hydroxyl groups is 1. The van der Waals surface area contributed by atoms with E-state index in [4.69, 9.17) is 0 Å². The summed E-state index contributed by atoms with van der Waals surface area (Å²) >= 11 is 3.03. The molecule has 1 rings (SSSR count). The summed E-state index contributed by atoms with van der Waals surface area (Å²) in [7, 11) is 1.59. The number of likely N-dealkylation sites (N-methyl/N-ethyl adjacent to an activating group) is 1. The van der Waals surface area contributed by atoms with Crippen LogP contribution in [0.1, 0.15) is 24.2 Å². The molecule has 94 valence electrons. The van der Waals surface area contributed by atoms with Crippen LogP contribution in [0, 0.1) is 5.82 Å². The van der Waals surface area contributed by atoms with Crippen molar-refractivity contribution in [1.82, 2.24) is 4.90 Å². The van der Waals surface area contributed by atoms with E-state index in [0.717, 1.165) is 0 Å². The van der Waals surface area contributed by atoms with E-state index in [1.165, 1.54) is 23.1 Å². The molecule has 5 heteroatoms. The number of hydrogen-bond donors (Lipinski definition) is 1. The molecule has 0 aromatic heterocycles. The number of benzene rings is 1. The van der Waals surface area contributed by atoms with Crippen molar-refractivity contribution in [1.29, 1.82) is 0 Å². The summed E-state index contributed by atoms with van der Waals surface area (Å²) in [6, 6.07) is 4.08. The second-order valence-corrected chi connectivity index (χ2v) is 5.46. The van der Waals surface area contributed by atoms with Crippen LogP contribution in [0.3, 0.4) is 0 Å². The normalized spacial score (nSPS) is 11.4. The maximum absolute atomic E-state index is 13.0. The topological polar surface area (TPSA) is 40.5 Å². The smallest absolute Gasteiger partial charge is 0.253 e. The molecule has 0 aliphatic carbocycles. The van der Waals surface area contributed by atoms with Crippen LogP contribution in [0.2, 0.25) is 0 Å². The molecule has 0 unspecified atom stereocenters. The van der Waals surface area contributed by atoms with Crippen molar-refractivity contribution in [3.8, 4) is 0 Å². The van der Waals surface area contributed by atoms with Crippen LogP contribution < -0.4 is 0 Å². The average molecular weight is 304 g/mol. The first-order valence-electron chi connectivity index (χ1n) is 5.13. The number of carbonyl (C=O) groups is 1. The molecular formula is C12H15BrFNO2. The second-order valence-electron chi connectivity index (χ2n) is 4.60. The van der Waals surface area contributed by atoms with Gasteiger partial charge >= 0.3 is 0 Å². The minimum atomic E-state index is -0.957. The van der Waals surface area contributed by atoms with Gasteiger partial charge in [-0.3, -0.25) is 4.79 Å². The van der Waals surface area contributed by atoms with Crippen LogP contribution in [0.25, 0.3) is 0 Å². The molecule has 17 heavy (non-hydrogen) atoms. The lowest BCUT2D eigenvalue weighted by Crippen LogP contribution is -2.39. The standard InChI is InChI=1S/C12H15BrFNO2/c1-12(2,17)7-15(3)11(16)8-4-5-10(14)9(13)6-8/h4-6,17H,7H2,1-3H3. The van der Waals surface area contributed by atoms with E-state index in [1.807, 2.05) is 0 Å². The van der Waals surface area contributed by atoms with Gasteiger partial charge in [0.05, 0.1) is 10.1 Å². The van der Waals surface area contributed by atoms with Gasteiger partial charge < -0.3 is 10.0 Å². The van der Waals surface area contributed by atoms with Gasteiger partial charge in [-0.05, 0) is 48.0 Å². The van der Waals surface area contributed by atoms with Crippen LogP contribution in [-0.4, -0.2) is 35.1 Å². The van der Waals surface area contributed by atoms with Crippen LogP contribution in [0.4, 0.5) is 4.39 Å². The molecule has 0 radical (unpaired) electrons. The zero-order valence-electron chi connectivity index (χ0n) is 10.00. The zero-order valence-corrected chi connectivity index (χ0v) is 11.6. The molecule has 0 aliphatic heterocycles. The molecule has 0 spiro atoms. The van der Waals surface area contributed by atoms with E-state index < -0.39 is 11.4 Å². The average Bonchev–Trinajstić information content (AvgIpc) is 2.18. The first kappa shape index (κ1) is 14.1. The molecule has 0 atom stereocenters. The molecule has 1 amide bonds. The lowest BCUT2D eigenvalue weighted by Gasteiger charge is -2.25. The Bertz CT molecular complexity index is 429. The summed E-state index contributed by atoms with van der Waals surface area (Å²) in [5.74, 6) is -0.667. The minimum Gasteiger partial charge on any atom is -0.389 e. The Morgan fingerprint density at radius 2 is 2.12 bits per heavy atom. The molecule has 1 aromatic carbocycles. The van der Waals surface area contributed by atoms with Crippen molar-refractivity contribution >= 4 is 21.8 Å². The Balaban J connectivity index is 2.85. The van der Waals surface area contributed by atoms with Crippen molar-refractivity contribution in [2.45, 2.75) is 19.4 Å². The van der Waals surface area contributed by atoms with Gasteiger partial charge in [0.25, 0.3) is 5.91 Å². The van der Waals surface area contributed by atoms with Crippen molar-refractivity contribution in [3.05, 3.63) is 34.1 Å². The third kappa shape index (κ3) is 4.09. The summed E-state index contributed by atoms with van der Waals surface area (Å²) in [6.45, 7) is 3.45. The van der Waals surface area contributed by atoms with E-state index in [1.54, 1.807) is 20.9 Å². The summed E-state index contributed by atoms with van der Waals surface area (Å²) < 4.78 is 13.3. The predicted molar refractivity (Wildman–Crippen MR) is 67.4 cm³/mol. The quantitative estimate of drug-likeness (QED) is 0.932. The number of amides is 1. The number of hydrogen-bond acceptors (Lipinski definition) is 2. The second kappa shape index (κ2) is 5.14. The Morgan fingerprint density at radius 1 is 1.53 bits per heavy atom. The molecule has 0 bridgehead atoms. The predicted octanol–water partition coefficient (Wildman–Crippen LogP) is 2.43. The number of halogens is 2. The first-order chi connectivity index (χ1) is 7.70. The van der Waals surface area contributed by atoms with Gasteiger partial charge in [0.15, 0.2) is 0 Å². The van der Waals surface area contributed by atoms with Crippen LogP contribution in [0.15, 0.2) is 22.7 Å². The molecule has 0 saturated carbocycles. The molecule has 1 N–H and O–H groups in total. The highest BCUT2D eigenvalue weighted by molar-refractivity contribution is 9.10. The monoisotopic (exact) mass is 303 g/mol. The minimum absolute atomic E-state index is 0.209. The van der Waals surface area contributed by atoms with Gasteiger partial charge in [0, 0.05) is 19.2 Å². The van der Waals surface area contributed by atoms with Crippen molar-refractivity contribution in [2.75, 3.05) is 13.6 Å². The lowest BCUT2D eigenvalue weighted by atomic mass is 10.1. The van der Waals surface area contributed by atoms with Gasteiger partial charge in [-0.25, -0.2) is 4.39 Å². The summed E-state index contributed by atoms with van der Waals surface area (Å²) in [5.41, 5.74) is -0.577. The Morgan fingerprint density at radius 3 is 2.59 bits per heavy atom. The molecule has 0 saturated heterocycles. The highest BCUT2D eigenvalue weighted by Gasteiger charge is 2.20. The third-order valence-electron chi connectivity index (χ3n) is 2.14. The van der Waals surface area contributed by atoms with E-state index in [-0.39, 0.29) is 16.9 Å². The molecule has 0 heterocycles. The fourth-order valence-electron chi connectivity index (χ4n) is 1.50. The van der Waals surface area contributed by atoms with E-state index in [2.05, 4.69) is 15.9 Å². The van der Waals surface area contributed by atoms with Crippen molar-refractivity contribution < 1.29 is 14.3 Å². The maximum atomic E-state index is 13.0. The van der Waals surface area contributed by atoms with Gasteiger partial charge in [0.1, 0.15) is 5.82 Å². The summed E-state index contributed by atoms with van der Waals surface area (Å²) in [4.78, 5) is 13.4. The van der Waals surface area contributed by atoms with Crippen LogP contribution >= 0.6 is 15.9 Å². The van der Waals surface area contributed by atoms with Gasteiger partial charge in [-0.15, -0.1) is 0 Å². The molecular weight excluding hydrogens is 289 g/mol. The molecule has 1 aromatic rings. The first-order valence-corrected chi connectivity index (χ1v) is 5.93. The van der Waals surface area contributed by atoms with E-state index >= 15 is 0 Å². The fraction of sp³-hybridized carbons (Fsp3) is 0.417. The molecule has 0 fully saturated rings. The number of nitrogens with zero attached hydrogens (tertiary/aromatic N) is 1. The van der Waals surface area contributed by atoms with Gasteiger partial charge in [-0.2, -0.15) is 0 Å². The Hall–Kier alpha value is -0.940. The Kier molecular flexibility index (Phi) is 4.27. The third-order valence-corrected chi connectivity index (χ3v) is 2.75. The maximum Gasteiger partial charge on any atom is 0.253 e. The van der Waals surface area contributed by atoms with Crippen LogP contribution in [-0.2, 0) is 0 Å². The summed E-state index contributed by atoms with van der Waals surface area (Å²) in [6.07, 6.45) is 0. The van der Waals surface area contributed by atoms with Crippen molar-refractivity contribution in [2.24, 2.45) is 0 Å². The van der Waals surface area contributed by atoms with Gasteiger partial charge in [0.2, 0.25) is 0 Å².